The normalized spacial score (nSPS) is 12.6. The molecule has 0 spiro atoms. The molecular weight excluding hydrogens is 254 g/mol. The first kappa shape index (κ1) is 16.6. The van der Waals surface area contributed by atoms with Crippen LogP contribution >= 0.6 is 11.3 Å². The Labute approximate surface area is 122 Å². The van der Waals surface area contributed by atoms with E-state index in [1.807, 2.05) is 0 Å². The quantitative estimate of drug-likeness (QED) is 0.830. The van der Waals surface area contributed by atoms with Gasteiger partial charge in [-0.3, -0.25) is 4.90 Å². The summed E-state index contributed by atoms with van der Waals surface area (Å²) in [7, 11) is 0. The summed E-state index contributed by atoms with van der Waals surface area (Å²) in [6.45, 7) is 17.4. The van der Waals surface area contributed by atoms with Crippen LogP contribution < -0.4 is 5.32 Å². The van der Waals surface area contributed by atoms with E-state index in [9.17, 15) is 0 Å². The SMILES string of the molecule is CCN(Cc1csc(CNC(C)(C)C)n1)CC(C)C. The van der Waals surface area contributed by atoms with E-state index in [0.29, 0.717) is 5.92 Å². The van der Waals surface area contributed by atoms with Gasteiger partial charge >= 0.3 is 0 Å². The van der Waals surface area contributed by atoms with Crippen LogP contribution in [0.25, 0.3) is 0 Å². The highest BCUT2D eigenvalue weighted by Crippen LogP contribution is 2.13. The fourth-order valence-electron chi connectivity index (χ4n) is 1.89. The van der Waals surface area contributed by atoms with Gasteiger partial charge in [0.15, 0.2) is 0 Å². The van der Waals surface area contributed by atoms with Gasteiger partial charge < -0.3 is 5.32 Å². The van der Waals surface area contributed by atoms with Gasteiger partial charge in [0, 0.05) is 30.6 Å². The van der Waals surface area contributed by atoms with Crippen molar-refractivity contribution in [2.75, 3.05) is 13.1 Å². The summed E-state index contributed by atoms with van der Waals surface area (Å²) < 4.78 is 0. The Bertz CT molecular complexity index is 366. The van der Waals surface area contributed by atoms with E-state index in [2.05, 4.69) is 57.1 Å². The van der Waals surface area contributed by atoms with Gasteiger partial charge in [0.25, 0.3) is 0 Å². The van der Waals surface area contributed by atoms with Crippen LogP contribution in [0.1, 0.15) is 52.2 Å². The Morgan fingerprint density at radius 1 is 1.37 bits per heavy atom. The molecule has 0 fully saturated rings. The summed E-state index contributed by atoms with van der Waals surface area (Å²) in [5.74, 6) is 0.709. The minimum atomic E-state index is 0.152. The maximum atomic E-state index is 4.72. The first-order valence-electron chi connectivity index (χ1n) is 7.21. The average Bonchev–Trinajstić information content (AvgIpc) is 2.72. The van der Waals surface area contributed by atoms with Crippen LogP contribution in [0.3, 0.4) is 0 Å². The molecule has 1 heterocycles. The first-order valence-corrected chi connectivity index (χ1v) is 8.08. The van der Waals surface area contributed by atoms with Crippen LogP contribution in [-0.4, -0.2) is 28.5 Å². The predicted molar refractivity (Wildman–Crippen MR) is 84.5 cm³/mol. The molecule has 0 aromatic carbocycles. The van der Waals surface area contributed by atoms with Crippen molar-refractivity contribution >= 4 is 11.3 Å². The van der Waals surface area contributed by atoms with Gasteiger partial charge in [-0.05, 0) is 33.2 Å². The van der Waals surface area contributed by atoms with Crippen LogP contribution in [0.4, 0.5) is 0 Å². The highest BCUT2D eigenvalue weighted by Gasteiger charge is 2.12. The van der Waals surface area contributed by atoms with Crippen molar-refractivity contribution in [3.8, 4) is 0 Å². The van der Waals surface area contributed by atoms with Crippen LogP contribution in [0.15, 0.2) is 5.38 Å². The van der Waals surface area contributed by atoms with Gasteiger partial charge in [0.1, 0.15) is 5.01 Å². The molecule has 110 valence electrons. The van der Waals surface area contributed by atoms with Crippen LogP contribution in [-0.2, 0) is 13.1 Å². The van der Waals surface area contributed by atoms with Gasteiger partial charge in [0.05, 0.1) is 5.69 Å². The van der Waals surface area contributed by atoms with Crippen molar-refractivity contribution in [3.63, 3.8) is 0 Å². The fourth-order valence-corrected chi connectivity index (χ4v) is 2.62. The molecule has 0 saturated carbocycles. The van der Waals surface area contributed by atoms with Crippen molar-refractivity contribution in [3.05, 3.63) is 16.1 Å². The van der Waals surface area contributed by atoms with Gasteiger partial charge in [-0.25, -0.2) is 4.98 Å². The van der Waals surface area contributed by atoms with Gasteiger partial charge in [-0.15, -0.1) is 11.3 Å². The number of thiazole rings is 1. The van der Waals surface area contributed by atoms with Gasteiger partial charge in [-0.1, -0.05) is 20.8 Å². The van der Waals surface area contributed by atoms with Crippen molar-refractivity contribution in [1.29, 1.82) is 0 Å². The van der Waals surface area contributed by atoms with E-state index in [1.54, 1.807) is 11.3 Å². The number of hydrogen-bond donors (Lipinski definition) is 1. The topological polar surface area (TPSA) is 28.2 Å². The molecule has 0 aliphatic carbocycles. The lowest BCUT2D eigenvalue weighted by Crippen LogP contribution is -2.35. The lowest BCUT2D eigenvalue weighted by molar-refractivity contribution is 0.246. The Morgan fingerprint density at radius 3 is 2.58 bits per heavy atom. The van der Waals surface area contributed by atoms with E-state index >= 15 is 0 Å². The highest BCUT2D eigenvalue weighted by molar-refractivity contribution is 7.09. The molecule has 0 atom stereocenters. The smallest absolute Gasteiger partial charge is 0.107 e. The Morgan fingerprint density at radius 2 is 2.05 bits per heavy atom. The number of nitrogens with one attached hydrogen (secondary N) is 1. The molecular formula is C15H29N3S. The largest absolute Gasteiger partial charge is 0.306 e. The van der Waals surface area contributed by atoms with E-state index < -0.39 is 0 Å². The maximum absolute atomic E-state index is 4.72. The van der Waals surface area contributed by atoms with E-state index in [4.69, 9.17) is 4.98 Å². The summed E-state index contributed by atoms with van der Waals surface area (Å²) in [6.07, 6.45) is 0. The minimum Gasteiger partial charge on any atom is -0.306 e. The maximum Gasteiger partial charge on any atom is 0.107 e. The van der Waals surface area contributed by atoms with Crippen molar-refractivity contribution in [2.24, 2.45) is 5.92 Å². The lowest BCUT2D eigenvalue weighted by Gasteiger charge is -2.21. The Kier molecular flexibility index (Phi) is 6.43. The molecule has 0 aliphatic rings. The van der Waals surface area contributed by atoms with Crippen LogP contribution in [0.2, 0.25) is 0 Å². The second-order valence-corrected chi connectivity index (χ2v) is 7.50. The number of nitrogens with zero attached hydrogens (tertiary/aromatic N) is 2. The highest BCUT2D eigenvalue weighted by atomic mass is 32.1. The molecule has 0 aliphatic heterocycles. The van der Waals surface area contributed by atoms with Crippen LogP contribution in [0.5, 0.6) is 0 Å². The summed E-state index contributed by atoms with van der Waals surface area (Å²) in [5, 5.41) is 6.87. The summed E-state index contributed by atoms with van der Waals surface area (Å²) in [4.78, 5) is 7.18. The molecule has 0 unspecified atom stereocenters. The molecule has 19 heavy (non-hydrogen) atoms. The predicted octanol–water partition coefficient (Wildman–Crippen LogP) is 3.51. The number of hydrogen-bond acceptors (Lipinski definition) is 4. The van der Waals surface area contributed by atoms with Crippen molar-refractivity contribution < 1.29 is 0 Å². The zero-order valence-electron chi connectivity index (χ0n) is 13.3. The van der Waals surface area contributed by atoms with Crippen LogP contribution in [0, 0.1) is 5.92 Å². The standard InChI is InChI=1S/C15H29N3S/c1-7-18(9-12(2)3)10-13-11-19-14(17-13)8-16-15(4,5)6/h11-12,16H,7-10H2,1-6H3. The number of rotatable bonds is 7. The van der Waals surface area contributed by atoms with E-state index in [-0.39, 0.29) is 5.54 Å². The second-order valence-electron chi connectivity index (χ2n) is 6.56. The lowest BCUT2D eigenvalue weighted by atomic mass is 10.1. The Balaban J connectivity index is 2.49. The monoisotopic (exact) mass is 283 g/mol. The third kappa shape index (κ3) is 7.04. The molecule has 1 aromatic heterocycles. The molecule has 1 rings (SSSR count). The number of aromatic nitrogens is 1. The molecule has 3 nitrogen and oxygen atoms in total. The molecule has 0 radical (unpaired) electrons. The van der Waals surface area contributed by atoms with Gasteiger partial charge in [0.2, 0.25) is 0 Å². The van der Waals surface area contributed by atoms with Crippen molar-refractivity contribution in [2.45, 2.75) is 60.2 Å². The Hall–Kier alpha value is -0.450. The van der Waals surface area contributed by atoms with Crippen molar-refractivity contribution in [1.82, 2.24) is 15.2 Å². The third-order valence-corrected chi connectivity index (χ3v) is 3.72. The van der Waals surface area contributed by atoms with E-state index in [0.717, 1.165) is 26.2 Å². The first-order chi connectivity index (χ1) is 8.80. The van der Waals surface area contributed by atoms with Gasteiger partial charge in [-0.2, -0.15) is 0 Å². The molecule has 0 saturated heterocycles. The molecule has 4 heteroatoms. The zero-order valence-corrected chi connectivity index (χ0v) is 14.1. The second kappa shape index (κ2) is 7.36. The summed E-state index contributed by atoms with van der Waals surface area (Å²) in [5.41, 5.74) is 1.36. The molecule has 0 amide bonds. The zero-order chi connectivity index (χ0) is 14.5. The third-order valence-electron chi connectivity index (χ3n) is 2.83. The average molecular weight is 283 g/mol. The molecule has 0 bridgehead atoms. The van der Waals surface area contributed by atoms with E-state index in [1.165, 1.54) is 10.7 Å². The summed E-state index contributed by atoms with van der Waals surface area (Å²) >= 11 is 1.76. The molecule has 1 N–H and O–H groups in total. The fraction of sp³-hybridized carbons (Fsp3) is 0.800. The molecule has 1 aromatic rings. The summed E-state index contributed by atoms with van der Waals surface area (Å²) in [6, 6.07) is 0. The minimum absolute atomic E-state index is 0.152.